The lowest BCUT2D eigenvalue weighted by Crippen LogP contribution is -2.17. The van der Waals surface area contributed by atoms with E-state index in [2.05, 4.69) is 15.3 Å². The van der Waals surface area contributed by atoms with Crippen LogP contribution in [0.25, 0.3) is 0 Å². The Morgan fingerprint density at radius 3 is 2.63 bits per heavy atom. The zero-order valence-corrected chi connectivity index (χ0v) is 10.3. The summed E-state index contributed by atoms with van der Waals surface area (Å²) in [6.45, 7) is 0. The number of carbonyl (C=O) groups excluding carboxylic acids is 1. The number of carbonyl (C=O) groups is 2. The molecule has 0 spiro atoms. The Balaban J connectivity index is 2.27. The van der Waals surface area contributed by atoms with Gasteiger partial charge in [-0.25, -0.2) is 14.8 Å². The third-order valence-corrected chi connectivity index (χ3v) is 2.45. The molecule has 0 saturated carbocycles. The van der Waals surface area contributed by atoms with Crippen LogP contribution in [0.15, 0.2) is 36.7 Å². The van der Waals surface area contributed by atoms with Gasteiger partial charge in [-0.1, -0.05) is 17.7 Å². The highest BCUT2D eigenvalue weighted by Gasteiger charge is 2.15. The summed E-state index contributed by atoms with van der Waals surface area (Å²) in [4.78, 5) is 30.2. The molecule has 0 unspecified atom stereocenters. The molecule has 2 rings (SSSR count). The maximum absolute atomic E-state index is 11.9. The zero-order valence-electron chi connectivity index (χ0n) is 9.50. The van der Waals surface area contributed by atoms with Crippen molar-refractivity contribution in [3.05, 3.63) is 52.9 Å². The molecule has 0 aliphatic heterocycles. The summed E-state index contributed by atoms with van der Waals surface area (Å²) < 4.78 is 0. The van der Waals surface area contributed by atoms with Crippen LogP contribution in [0.3, 0.4) is 0 Å². The van der Waals surface area contributed by atoms with Gasteiger partial charge in [0.1, 0.15) is 0 Å². The van der Waals surface area contributed by atoms with Gasteiger partial charge in [0.05, 0.1) is 0 Å². The van der Waals surface area contributed by atoms with E-state index in [4.69, 9.17) is 16.7 Å². The van der Waals surface area contributed by atoms with Crippen molar-refractivity contribution in [2.75, 3.05) is 5.32 Å². The average molecular weight is 278 g/mol. The molecule has 2 N–H and O–H groups in total. The maximum Gasteiger partial charge on any atom is 0.358 e. The summed E-state index contributed by atoms with van der Waals surface area (Å²) in [5.74, 6) is -1.89. The Kier molecular flexibility index (Phi) is 3.72. The van der Waals surface area contributed by atoms with Crippen LogP contribution >= 0.6 is 11.6 Å². The second-order valence-electron chi connectivity index (χ2n) is 3.52. The van der Waals surface area contributed by atoms with Crippen molar-refractivity contribution in [3.8, 4) is 0 Å². The van der Waals surface area contributed by atoms with Gasteiger partial charge < -0.3 is 10.4 Å². The zero-order chi connectivity index (χ0) is 13.8. The molecule has 96 valence electrons. The molecule has 6 nitrogen and oxygen atoms in total. The number of amides is 1. The van der Waals surface area contributed by atoms with Gasteiger partial charge >= 0.3 is 5.97 Å². The number of nitrogens with zero attached hydrogens (tertiary/aromatic N) is 2. The van der Waals surface area contributed by atoms with Crippen molar-refractivity contribution in [1.82, 2.24) is 9.97 Å². The first-order valence-corrected chi connectivity index (χ1v) is 5.57. The number of rotatable bonds is 3. The molecule has 1 aromatic carbocycles. The van der Waals surface area contributed by atoms with Crippen molar-refractivity contribution >= 4 is 29.3 Å². The fourth-order valence-corrected chi connectivity index (χ4v) is 1.59. The molecule has 0 saturated heterocycles. The fourth-order valence-electron chi connectivity index (χ4n) is 1.40. The Bertz CT molecular complexity index is 646. The lowest BCUT2D eigenvalue weighted by molar-refractivity contribution is 0.0691. The van der Waals surface area contributed by atoms with Crippen molar-refractivity contribution in [3.63, 3.8) is 0 Å². The highest BCUT2D eigenvalue weighted by atomic mass is 35.5. The minimum absolute atomic E-state index is 0.111. The van der Waals surface area contributed by atoms with Crippen LogP contribution in [-0.2, 0) is 0 Å². The molecule has 1 amide bonds. The third kappa shape index (κ3) is 3.05. The number of aromatic carboxylic acids is 1. The first kappa shape index (κ1) is 13.0. The fraction of sp³-hybridized carbons (Fsp3) is 0. The van der Waals surface area contributed by atoms with E-state index in [9.17, 15) is 9.59 Å². The molecule has 0 atom stereocenters. The highest BCUT2D eigenvalue weighted by molar-refractivity contribution is 6.31. The topological polar surface area (TPSA) is 92.2 Å². The standard InChI is InChI=1S/C12H8ClN3O3/c13-8-3-1-2-7(6-8)11(17)16-10-9(12(18)19)14-4-5-15-10/h1-6H,(H,18,19)(H,15,16,17). The number of carboxylic acids is 1. The first-order chi connectivity index (χ1) is 9.08. The quantitative estimate of drug-likeness (QED) is 0.896. The molecule has 0 fully saturated rings. The monoisotopic (exact) mass is 277 g/mol. The molecule has 0 aliphatic rings. The smallest absolute Gasteiger partial charge is 0.358 e. The Labute approximate surface area is 113 Å². The Morgan fingerprint density at radius 1 is 1.21 bits per heavy atom. The summed E-state index contributed by atoms with van der Waals surface area (Å²) in [7, 11) is 0. The Morgan fingerprint density at radius 2 is 1.95 bits per heavy atom. The number of nitrogens with one attached hydrogen (secondary N) is 1. The molecule has 0 bridgehead atoms. The van der Waals surface area contributed by atoms with Crippen LogP contribution < -0.4 is 5.32 Å². The predicted octanol–water partition coefficient (Wildman–Crippen LogP) is 2.08. The number of halogens is 1. The summed E-state index contributed by atoms with van der Waals surface area (Å²) in [6.07, 6.45) is 2.53. The number of carboxylic acid groups (broad SMARTS) is 1. The number of aromatic nitrogens is 2. The molecule has 19 heavy (non-hydrogen) atoms. The first-order valence-electron chi connectivity index (χ1n) is 5.19. The summed E-state index contributed by atoms with van der Waals surface area (Å²) in [5.41, 5.74) is -0.0210. The van der Waals surface area contributed by atoms with Crippen LogP contribution in [0.5, 0.6) is 0 Å². The predicted molar refractivity (Wildman–Crippen MR) is 68.4 cm³/mol. The van der Waals surface area contributed by atoms with E-state index >= 15 is 0 Å². The van der Waals surface area contributed by atoms with Gasteiger partial charge in [-0.2, -0.15) is 0 Å². The van der Waals surface area contributed by atoms with Gasteiger partial charge in [-0.3, -0.25) is 4.79 Å². The summed E-state index contributed by atoms with van der Waals surface area (Å²) in [6, 6.07) is 6.26. The number of anilines is 1. The largest absolute Gasteiger partial charge is 0.476 e. The molecule has 2 aromatic rings. The van der Waals surface area contributed by atoms with Crippen LogP contribution in [0.1, 0.15) is 20.8 Å². The minimum atomic E-state index is -1.27. The van der Waals surface area contributed by atoms with Gasteiger partial charge in [0.15, 0.2) is 11.5 Å². The molecule has 1 aromatic heterocycles. The van der Waals surface area contributed by atoms with Crippen molar-refractivity contribution in [2.24, 2.45) is 0 Å². The lowest BCUT2D eigenvalue weighted by Gasteiger charge is -2.06. The number of benzene rings is 1. The normalized spacial score (nSPS) is 9.95. The lowest BCUT2D eigenvalue weighted by atomic mass is 10.2. The van der Waals surface area contributed by atoms with Crippen molar-refractivity contribution < 1.29 is 14.7 Å². The second-order valence-corrected chi connectivity index (χ2v) is 3.96. The van der Waals surface area contributed by atoms with Gasteiger partial charge in [0, 0.05) is 23.0 Å². The van der Waals surface area contributed by atoms with Gasteiger partial charge in [-0.05, 0) is 18.2 Å². The average Bonchev–Trinajstić information content (AvgIpc) is 2.39. The molecule has 7 heteroatoms. The molecular weight excluding hydrogens is 270 g/mol. The van der Waals surface area contributed by atoms with Gasteiger partial charge in [0.25, 0.3) is 5.91 Å². The SMILES string of the molecule is O=C(Nc1nccnc1C(=O)O)c1cccc(Cl)c1. The number of hydrogen-bond donors (Lipinski definition) is 2. The highest BCUT2D eigenvalue weighted by Crippen LogP contribution is 2.14. The van der Waals surface area contributed by atoms with E-state index in [0.717, 1.165) is 0 Å². The van der Waals surface area contributed by atoms with Crippen molar-refractivity contribution in [1.29, 1.82) is 0 Å². The van der Waals surface area contributed by atoms with Crippen molar-refractivity contribution in [2.45, 2.75) is 0 Å². The molecule has 0 radical (unpaired) electrons. The van der Waals surface area contributed by atoms with Crippen LogP contribution in [0.4, 0.5) is 5.82 Å². The van der Waals surface area contributed by atoms with E-state index in [0.29, 0.717) is 10.6 Å². The van der Waals surface area contributed by atoms with E-state index in [-0.39, 0.29) is 11.5 Å². The number of hydrogen-bond acceptors (Lipinski definition) is 4. The van der Waals surface area contributed by atoms with Crippen LogP contribution in [-0.4, -0.2) is 27.0 Å². The van der Waals surface area contributed by atoms with Crippen LogP contribution in [0.2, 0.25) is 5.02 Å². The minimum Gasteiger partial charge on any atom is -0.476 e. The van der Waals surface area contributed by atoms with E-state index in [1.807, 2.05) is 0 Å². The maximum atomic E-state index is 11.9. The van der Waals surface area contributed by atoms with Gasteiger partial charge in [0.2, 0.25) is 0 Å². The van der Waals surface area contributed by atoms with Crippen LogP contribution in [0, 0.1) is 0 Å². The summed E-state index contributed by atoms with van der Waals surface area (Å²) in [5, 5.41) is 11.7. The third-order valence-electron chi connectivity index (χ3n) is 2.22. The molecule has 1 heterocycles. The second kappa shape index (κ2) is 5.45. The summed E-state index contributed by atoms with van der Waals surface area (Å²) >= 11 is 5.77. The van der Waals surface area contributed by atoms with E-state index in [1.54, 1.807) is 18.2 Å². The Hall–Kier alpha value is -2.47. The van der Waals surface area contributed by atoms with E-state index < -0.39 is 11.9 Å². The van der Waals surface area contributed by atoms with Gasteiger partial charge in [-0.15, -0.1) is 0 Å². The molecular formula is C12H8ClN3O3. The molecule has 0 aliphatic carbocycles. The van der Waals surface area contributed by atoms with E-state index in [1.165, 1.54) is 18.5 Å².